The van der Waals surface area contributed by atoms with Crippen molar-refractivity contribution in [2.45, 2.75) is 19.3 Å². The molecule has 0 unspecified atom stereocenters. The summed E-state index contributed by atoms with van der Waals surface area (Å²) in [7, 11) is 1.80. The number of carbonyl (C=O) groups is 2. The normalized spacial score (nSPS) is 23.5. The number of aromatic nitrogens is 2. The highest BCUT2D eigenvalue weighted by Crippen LogP contribution is 2.42. The molecule has 1 atom stereocenters. The molecule has 6 heteroatoms. The van der Waals surface area contributed by atoms with Gasteiger partial charge in [-0.3, -0.25) is 14.3 Å². The first-order valence-electron chi connectivity index (χ1n) is 8.74. The van der Waals surface area contributed by atoms with Crippen molar-refractivity contribution >= 4 is 17.5 Å². The van der Waals surface area contributed by atoms with Crippen molar-refractivity contribution in [1.29, 1.82) is 0 Å². The Hall–Kier alpha value is -2.63. The minimum Gasteiger partial charge on any atom is -0.337 e. The summed E-state index contributed by atoms with van der Waals surface area (Å²) in [6, 6.07) is 9.80. The van der Waals surface area contributed by atoms with Crippen LogP contribution in [0.1, 0.15) is 29.6 Å². The zero-order valence-corrected chi connectivity index (χ0v) is 14.4. The highest BCUT2D eigenvalue weighted by Gasteiger charge is 2.50. The van der Waals surface area contributed by atoms with Gasteiger partial charge in [-0.2, -0.15) is 5.10 Å². The van der Waals surface area contributed by atoms with E-state index in [1.165, 1.54) is 0 Å². The molecule has 1 aromatic heterocycles. The molecule has 6 nitrogen and oxygen atoms in total. The maximum absolute atomic E-state index is 13.2. The van der Waals surface area contributed by atoms with Gasteiger partial charge in [-0.1, -0.05) is 18.2 Å². The number of carbonyl (C=O) groups excluding carboxylic acids is 2. The Morgan fingerprint density at radius 3 is 2.68 bits per heavy atom. The molecular weight excluding hydrogens is 316 g/mol. The van der Waals surface area contributed by atoms with Gasteiger partial charge in [-0.25, -0.2) is 0 Å². The molecule has 4 rings (SSSR count). The molecule has 0 saturated carbocycles. The van der Waals surface area contributed by atoms with Crippen LogP contribution in [0.2, 0.25) is 0 Å². The van der Waals surface area contributed by atoms with Crippen LogP contribution in [0.5, 0.6) is 0 Å². The van der Waals surface area contributed by atoms with Crippen molar-refractivity contribution in [1.82, 2.24) is 14.7 Å². The van der Waals surface area contributed by atoms with Crippen LogP contribution in [0.4, 0.5) is 5.69 Å². The molecule has 130 valence electrons. The number of hydrogen-bond acceptors (Lipinski definition) is 3. The van der Waals surface area contributed by atoms with E-state index in [0.717, 1.165) is 31.5 Å². The number of aryl methyl sites for hydroxylation is 1. The summed E-state index contributed by atoms with van der Waals surface area (Å²) in [6.45, 7) is 1.93. The van der Waals surface area contributed by atoms with Crippen molar-refractivity contribution in [2.75, 3.05) is 24.5 Å². The Morgan fingerprint density at radius 1 is 1.16 bits per heavy atom. The highest BCUT2D eigenvalue weighted by atomic mass is 16.2. The van der Waals surface area contributed by atoms with E-state index in [1.807, 2.05) is 40.1 Å². The molecular formula is C19H22N4O2. The van der Waals surface area contributed by atoms with Gasteiger partial charge < -0.3 is 9.80 Å². The molecule has 2 fully saturated rings. The van der Waals surface area contributed by atoms with Gasteiger partial charge in [-0.05, 0) is 31.4 Å². The lowest BCUT2D eigenvalue weighted by Gasteiger charge is -2.38. The highest BCUT2D eigenvalue weighted by molar-refractivity contribution is 6.01. The Kier molecular flexibility index (Phi) is 3.82. The standard InChI is InChI=1S/C19H22N4O2/c1-21-13-15(12-20-21)17(24)22-10-5-8-19(14-22)9-11-23(18(19)25)16-6-3-2-4-7-16/h2-4,6-7,12-13H,5,8-11,14H2,1H3/t19-/m1/s1. The molecule has 0 aliphatic carbocycles. The summed E-state index contributed by atoms with van der Waals surface area (Å²) in [4.78, 5) is 29.6. The fourth-order valence-corrected chi connectivity index (χ4v) is 4.07. The fraction of sp³-hybridized carbons (Fsp3) is 0.421. The van der Waals surface area contributed by atoms with Crippen LogP contribution in [-0.2, 0) is 11.8 Å². The van der Waals surface area contributed by atoms with Crippen LogP contribution in [0.15, 0.2) is 42.7 Å². The Balaban J connectivity index is 1.54. The number of para-hydroxylation sites is 1. The molecule has 25 heavy (non-hydrogen) atoms. The first-order valence-corrected chi connectivity index (χ1v) is 8.74. The summed E-state index contributed by atoms with van der Waals surface area (Å²) >= 11 is 0. The molecule has 2 aliphatic heterocycles. The Labute approximate surface area is 147 Å². The molecule has 0 bridgehead atoms. The number of rotatable bonds is 2. The second-order valence-corrected chi connectivity index (χ2v) is 7.06. The van der Waals surface area contributed by atoms with Crippen molar-refractivity contribution in [3.8, 4) is 0 Å². The maximum atomic E-state index is 13.2. The quantitative estimate of drug-likeness (QED) is 0.842. The van der Waals surface area contributed by atoms with Crippen molar-refractivity contribution in [2.24, 2.45) is 12.5 Å². The number of nitrogens with zero attached hydrogens (tertiary/aromatic N) is 4. The van der Waals surface area contributed by atoms with E-state index >= 15 is 0 Å². The zero-order valence-electron chi connectivity index (χ0n) is 14.4. The number of piperidine rings is 1. The van der Waals surface area contributed by atoms with E-state index in [-0.39, 0.29) is 11.8 Å². The monoisotopic (exact) mass is 338 g/mol. The predicted octanol–water partition coefficient (Wildman–Crippen LogP) is 2.08. The topological polar surface area (TPSA) is 58.4 Å². The average molecular weight is 338 g/mol. The second-order valence-electron chi connectivity index (χ2n) is 7.06. The van der Waals surface area contributed by atoms with E-state index in [1.54, 1.807) is 24.1 Å². The van der Waals surface area contributed by atoms with E-state index < -0.39 is 5.41 Å². The number of amides is 2. The minimum atomic E-state index is -0.439. The molecule has 0 radical (unpaired) electrons. The minimum absolute atomic E-state index is 0.0295. The average Bonchev–Trinajstić information content (AvgIpc) is 3.20. The van der Waals surface area contributed by atoms with Gasteiger partial charge in [0.2, 0.25) is 5.91 Å². The van der Waals surface area contributed by atoms with E-state index in [0.29, 0.717) is 18.7 Å². The third-order valence-corrected chi connectivity index (χ3v) is 5.40. The summed E-state index contributed by atoms with van der Waals surface area (Å²) in [5.41, 5.74) is 1.09. The molecule has 3 heterocycles. The van der Waals surface area contributed by atoms with Gasteiger partial charge in [0.1, 0.15) is 0 Å². The van der Waals surface area contributed by atoms with Crippen LogP contribution in [-0.4, -0.2) is 46.1 Å². The van der Waals surface area contributed by atoms with Gasteiger partial charge in [-0.15, -0.1) is 0 Å². The van der Waals surface area contributed by atoms with Crippen LogP contribution in [0.25, 0.3) is 0 Å². The van der Waals surface area contributed by atoms with Crippen LogP contribution < -0.4 is 4.90 Å². The number of likely N-dealkylation sites (tertiary alicyclic amines) is 1. The van der Waals surface area contributed by atoms with E-state index in [2.05, 4.69) is 5.10 Å². The lowest BCUT2D eigenvalue weighted by atomic mass is 9.78. The fourth-order valence-electron chi connectivity index (χ4n) is 4.07. The van der Waals surface area contributed by atoms with Crippen molar-refractivity contribution in [3.63, 3.8) is 0 Å². The lowest BCUT2D eigenvalue weighted by molar-refractivity contribution is -0.127. The largest absolute Gasteiger partial charge is 0.337 e. The Bertz CT molecular complexity index is 801. The van der Waals surface area contributed by atoms with Gasteiger partial charge in [0.15, 0.2) is 0 Å². The second kappa shape index (κ2) is 6.02. The van der Waals surface area contributed by atoms with Crippen LogP contribution in [0.3, 0.4) is 0 Å². The van der Waals surface area contributed by atoms with Crippen molar-refractivity contribution in [3.05, 3.63) is 48.3 Å². The van der Waals surface area contributed by atoms with E-state index in [4.69, 9.17) is 0 Å². The van der Waals surface area contributed by atoms with Crippen LogP contribution >= 0.6 is 0 Å². The Morgan fingerprint density at radius 2 is 1.96 bits per heavy atom. The summed E-state index contributed by atoms with van der Waals surface area (Å²) in [5, 5.41) is 4.08. The number of anilines is 1. The molecule has 1 spiro atoms. The smallest absolute Gasteiger partial charge is 0.257 e. The van der Waals surface area contributed by atoms with Gasteiger partial charge in [0.25, 0.3) is 5.91 Å². The maximum Gasteiger partial charge on any atom is 0.257 e. The predicted molar refractivity (Wildman–Crippen MR) is 94.2 cm³/mol. The third-order valence-electron chi connectivity index (χ3n) is 5.40. The molecule has 2 amide bonds. The molecule has 1 aromatic carbocycles. The zero-order chi connectivity index (χ0) is 17.4. The third kappa shape index (κ3) is 2.71. The van der Waals surface area contributed by atoms with Gasteiger partial charge in [0, 0.05) is 38.6 Å². The molecule has 2 saturated heterocycles. The van der Waals surface area contributed by atoms with Gasteiger partial charge >= 0.3 is 0 Å². The summed E-state index contributed by atoms with van der Waals surface area (Å²) < 4.78 is 1.63. The van der Waals surface area contributed by atoms with E-state index in [9.17, 15) is 9.59 Å². The lowest BCUT2D eigenvalue weighted by Crippen LogP contribution is -2.49. The first kappa shape index (κ1) is 15.9. The van der Waals surface area contributed by atoms with Crippen molar-refractivity contribution < 1.29 is 9.59 Å². The number of benzene rings is 1. The SMILES string of the molecule is Cn1cc(C(=O)N2CCC[C@@]3(CCN(c4ccccc4)C3=O)C2)cn1. The first-order chi connectivity index (χ1) is 12.1. The summed E-state index contributed by atoms with van der Waals surface area (Å²) in [5.74, 6) is 0.125. The number of hydrogen-bond donors (Lipinski definition) is 0. The molecule has 0 N–H and O–H groups in total. The summed E-state index contributed by atoms with van der Waals surface area (Å²) in [6.07, 6.45) is 5.84. The molecule has 2 aromatic rings. The van der Waals surface area contributed by atoms with Gasteiger partial charge in [0.05, 0.1) is 17.2 Å². The van der Waals surface area contributed by atoms with Crippen LogP contribution in [0, 0.1) is 5.41 Å². The molecule has 2 aliphatic rings.